The summed E-state index contributed by atoms with van der Waals surface area (Å²) < 4.78 is 4.92. The number of aromatic nitrogens is 1. The first kappa shape index (κ1) is 14.8. The van der Waals surface area contributed by atoms with Gasteiger partial charge in [-0.15, -0.1) is 5.11 Å². The van der Waals surface area contributed by atoms with Crippen molar-refractivity contribution in [3.05, 3.63) is 54.1 Å². The number of aromatic amines is 1. The van der Waals surface area contributed by atoms with Crippen LogP contribution in [0.4, 0.5) is 11.4 Å². The molecule has 0 bridgehead atoms. The maximum absolute atomic E-state index is 11.6. The molecule has 6 heteroatoms. The Morgan fingerprint density at radius 1 is 1.13 bits per heavy atom. The van der Waals surface area contributed by atoms with E-state index in [0.717, 1.165) is 10.9 Å². The minimum atomic E-state index is -0.370. The Balaban J connectivity index is 1.84. The lowest BCUT2D eigenvalue weighted by atomic mass is 10.2. The van der Waals surface area contributed by atoms with Crippen LogP contribution >= 0.6 is 0 Å². The summed E-state index contributed by atoms with van der Waals surface area (Å²) in [5.41, 5.74) is 2.20. The van der Waals surface area contributed by atoms with E-state index in [4.69, 9.17) is 4.74 Å². The summed E-state index contributed by atoms with van der Waals surface area (Å²) in [7, 11) is 0. The molecule has 3 aromatic rings. The van der Waals surface area contributed by atoms with Gasteiger partial charge in [-0.05, 0) is 37.3 Å². The number of nitrogens with zero attached hydrogens (tertiary/aromatic N) is 2. The zero-order chi connectivity index (χ0) is 16.2. The van der Waals surface area contributed by atoms with Gasteiger partial charge in [0.15, 0.2) is 5.69 Å². The van der Waals surface area contributed by atoms with E-state index in [9.17, 15) is 9.90 Å². The largest absolute Gasteiger partial charge is 0.493 e. The number of benzene rings is 2. The SMILES string of the molecule is CCOC(=O)c1ccc(N=Nc2c(O)[nH]c3ccccc23)cc1. The first-order valence-corrected chi connectivity index (χ1v) is 7.17. The Morgan fingerprint density at radius 3 is 2.61 bits per heavy atom. The van der Waals surface area contributed by atoms with E-state index in [-0.39, 0.29) is 11.8 Å². The Hall–Kier alpha value is -3.15. The van der Waals surface area contributed by atoms with E-state index in [0.29, 0.717) is 23.5 Å². The standard InChI is InChI=1S/C17H15N3O3/c1-2-23-17(22)11-7-9-12(10-8-11)19-20-15-13-5-3-4-6-14(13)18-16(15)21/h3-10,18,21H,2H2,1H3. The Labute approximate surface area is 132 Å². The number of H-pyrrole nitrogens is 1. The highest BCUT2D eigenvalue weighted by atomic mass is 16.5. The molecule has 116 valence electrons. The van der Waals surface area contributed by atoms with Gasteiger partial charge in [-0.2, -0.15) is 5.11 Å². The molecular weight excluding hydrogens is 294 g/mol. The molecule has 1 heterocycles. The van der Waals surface area contributed by atoms with Gasteiger partial charge in [0.1, 0.15) is 0 Å². The van der Waals surface area contributed by atoms with Gasteiger partial charge in [0.2, 0.25) is 5.88 Å². The number of ether oxygens (including phenoxy) is 1. The second kappa shape index (κ2) is 6.31. The number of esters is 1. The maximum atomic E-state index is 11.6. The van der Waals surface area contributed by atoms with Crippen molar-refractivity contribution >= 4 is 28.2 Å². The number of azo groups is 1. The van der Waals surface area contributed by atoms with Crippen molar-refractivity contribution in [1.82, 2.24) is 4.98 Å². The third-order valence-corrected chi connectivity index (χ3v) is 3.30. The highest BCUT2D eigenvalue weighted by molar-refractivity contribution is 5.94. The monoisotopic (exact) mass is 309 g/mol. The fourth-order valence-corrected chi connectivity index (χ4v) is 2.20. The Bertz CT molecular complexity index is 866. The smallest absolute Gasteiger partial charge is 0.338 e. The molecule has 1 aromatic heterocycles. The second-order valence-corrected chi connectivity index (χ2v) is 4.84. The summed E-state index contributed by atoms with van der Waals surface area (Å²) in [5.74, 6) is -0.400. The molecular formula is C17H15N3O3. The van der Waals surface area contributed by atoms with E-state index < -0.39 is 0 Å². The zero-order valence-electron chi connectivity index (χ0n) is 12.5. The number of carbonyl (C=O) groups is 1. The lowest BCUT2D eigenvalue weighted by Crippen LogP contribution is -2.03. The van der Waals surface area contributed by atoms with Gasteiger partial charge >= 0.3 is 5.97 Å². The van der Waals surface area contributed by atoms with Crippen LogP contribution < -0.4 is 0 Å². The van der Waals surface area contributed by atoms with Crippen LogP contribution in [-0.4, -0.2) is 22.7 Å². The van der Waals surface area contributed by atoms with Crippen LogP contribution in [0.15, 0.2) is 58.8 Å². The molecule has 0 saturated carbocycles. The van der Waals surface area contributed by atoms with Crippen LogP contribution in [0.5, 0.6) is 5.88 Å². The molecule has 3 rings (SSSR count). The number of aromatic hydroxyl groups is 1. The summed E-state index contributed by atoms with van der Waals surface area (Å²) >= 11 is 0. The number of fused-ring (bicyclic) bond motifs is 1. The fraction of sp³-hybridized carbons (Fsp3) is 0.118. The van der Waals surface area contributed by atoms with Crippen molar-refractivity contribution in [2.24, 2.45) is 10.2 Å². The molecule has 0 spiro atoms. The lowest BCUT2D eigenvalue weighted by molar-refractivity contribution is 0.0526. The van der Waals surface area contributed by atoms with Crippen molar-refractivity contribution in [2.45, 2.75) is 6.92 Å². The van der Waals surface area contributed by atoms with E-state index in [1.807, 2.05) is 24.3 Å². The van der Waals surface area contributed by atoms with Crippen LogP contribution in [0, 0.1) is 0 Å². The summed E-state index contributed by atoms with van der Waals surface area (Å²) in [6, 6.07) is 14.0. The Kier molecular flexibility index (Phi) is 4.05. The molecule has 0 fully saturated rings. The molecule has 0 atom stereocenters. The number of nitrogens with one attached hydrogen (secondary N) is 1. The number of rotatable bonds is 4. The summed E-state index contributed by atoms with van der Waals surface area (Å²) in [6.07, 6.45) is 0. The molecule has 0 aliphatic carbocycles. The van der Waals surface area contributed by atoms with E-state index in [1.165, 1.54) is 0 Å². The zero-order valence-corrected chi connectivity index (χ0v) is 12.5. The maximum Gasteiger partial charge on any atom is 0.338 e. The molecule has 0 unspecified atom stereocenters. The van der Waals surface area contributed by atoms with Crippen molar-refractivity contribution in [2.75, 3.05) is 6.61 Å². The normalized spacial score (nSPS) is 11.2. The second-order valence-electron chi connectivity index (χ2n) is 4.84. The van der Waals surface area contributed by atoms with Gasteiger partial charge in [0, 0.05) is 5.39 Å². The highest BCUT2D eigenvalue weighted by Crippen LogP contribution is 2.35. The average Bonchev–Trinajstić information content (AvgIpc) is 2.89. The van der Waals surface area contributed by atoms with Crippen LogP contribution in [0.2, 0.25) is 0 Å². The van der Waals surface area contributed by atoms with Crippen LogP contribution in [-0.2, 0) is 4.74 Å². The molecule has 0 radical (unpaired) electrons. The molecule has 23 heavy (non-hydrogen) atoms. The average molecular weight is 309 g/mol. The van der Waals surface area contributed by atoms with E-state index in [1.54, 1.807) is 31.2 Å². The third kappa shape index (κ3) is 3.06. The van der Waals surface area contributed by atoms with Crippen LogP contribution in [0.25, 0.3) is 10.9 Å². The van der Waals surface area contributed by atoms with Gasteiger partial charge in [0.25, 0.3) is 0 Å². The molecule has 0 amide bonds. The lowest BCUT2D eigenvalue weighted by Gasteiger charge is -2.01. The van der Waals surface area contributed by atoms with Crippen LogP contribution in [0.3, 0.4) is 0 Å². The number of carbonyl (C=O) groups excluding carboxylic acids is 1. The highest BCUT2D eigenvalue weighted by Gasteiger charge is 2.09. The molecule has 0 aliphatic rings. The summed E-state index contributed by atoms with van der Waals surface area (Å²) in [5, 5.41) is 18.9. The molecule has 0 aliphatic heterocycles. The third-order valence-electron chi connectivity index (χ3n) is 3.30. The molecule has 6 nitrogen and oxygen atoms in total. The van der Waals surface area contributed by atoms with Gasteiger partial charge in [-0.25, -0.2) is 4.79 Å². The van der Waals surface area contributed by atoms with Crippen LogP contribution in [0.1, 0.15) is 17.3 Å². The van der Waals surface area contributed by atoms with Crippen molar-refractivity contribution < 1.29 is 14.6 Å². The minimum Gasteiger partial charge on any atom is -0.493 e. The van der Waals surface area contributed by atoms with E-state index in [2.05, 4.69) is 15.2 Å². The summed E-state index contributed by atoms with van der Waals surface area (Å²) in [4.78, 5) is 14.4. The molecule has 0 saturated heterocycles. The predicted octanol–water partition coefficient (Wildman–Crippen LogP) is 4.47. The van der Waals surface area contributed by atoms with Crippen molar-refractivity contribution in [3.63, 3.8) is 0 Å². The van der Waals surface area contributed by atoms with Gasteiger partial charge in [-0.1, -0.05) is 18.2 Å². The number of para-hydroxylation sites is 1. The molecule has 2 aromatic carbocycles. The number of hydrogen-bond donors (Lipinski definition) is 2. The number of hydrogen-bond acceptors (Lipinski definition) is 5. The predicted molar refractivity (Wildman–Crippen MR) is 86.5 cm³/mol. The topological polar surface area (TPSA) is 87.0 Å². The first-order chi connectivity index (χ1) is 11.2. The minimum absolute atomic E-state index is 0.0295. The van der Waals surface area contributed by atoms with Gasteiger partial charge in [-0.3, -0.25) is 0 Å². The van der Waals surface area contributed by atoms with Gasteiger partial charge < -0.3 is 14.8 Å². The fourth-order valence-electron chi connectivity index (χ4n) is 2.20. The quantitative estimate of drug-likeness (QED) is 0.550. The van der Waals surface area contributed by atoms with Crippen molar-refractivity contribution in [1.29, 1.82) is 0 Å². The summed E-state index contributed by atoms with van der Waals surface area (Å²) in [6.45, 7) is 2.09. The van der Waals surface area contributed by atoms with E-state index >= 15 is 0 Å². The first-order valence-electron chi connectivity index (χ1n) is 7.17. The Morgan fingerprint density at radius 2 is 1.87 bits per heavy atom. The van der Waals surface area contributed by atoms with Crippen molar-refractivity contribution in [3.8, 4) is 5.88 Å². The molecule has 2 N–H and O–H groups in total. The van der Waals surface area contributed by atoms with Gasteiger partial charge in [0.05, 0.1) is 23.4 Å².